The van der Waals surface area contributed by atoms with Gasteiger partial charge in [-0.2, -0.15) is 9.78 Å². The first kappa shape index (κ1) is 11.5. The molecule has 0 saturated carbocycles. The van der Waals surface area contributed by atoms with Crippen LogP contribution in [0.25, 0.3) is 11.0 Å². The number of nitrogens with zero attached hydrogens (tertiary/aromatic N) is 4. The molecule has 3 aromatic rings. The lowest BCUT2D eigenvalue weighted by Gasteiger charge is -2.03. The maximum atomic E-state index is 12.3. The zero-order chi connectivity index (χ0) is 13.6. The summed E-state index contributed by atoms with van der Waals surface area (Å²) >= 11 is 0. The molecule has 0 aliphatic heterocycles. The normalized spacial score (nSPS) is 11.1. The summed E-state index contributed by atoms with van der Waals surface area (Å²) in [7, 11) is 1.88. The van der Waals surface area contributed by atoms with Gasteiger partial charge in [0.05, 0.1) is 23.1 Å². The Morgan fingerprint density at radius 2 is 2.11 bits per heavy atom. The maximum Gasteiger partial charge on any atom is 0.280 e. The van der Waals surface area contributed by atoms with Crippen molar-refractivity contribution in [1.29, 1.82) is 0 Å². The lowest BCUT2D eigenvalue weighted by atomic mass is 10.2. The molecule has 0 bridgehead atoms. The van der Waals surface area contributed by atoms with Crippen molar-refractivity contribution in [2.45, 2.75) is 6.92 Å². The second-order valence-electron chi connectivity index (χ2n) is 4.49. The SMILES string of the molecule is Cc1cc(N)n(C(=O)c2ccc3ncn(C)c3c2)n1. The Hall–Kier alpha value is -2.63. The van der Waals surface area contributed by atoms with Crippen LogP contribution in [0, 0.1) is 6.92 Å². The van der Waals surface area contributed by atoms with E-state index < -0.39 is 0 Å². The molecule has 0 spiro atoms. The first-order chi connectivity index (χ1) is 9.06. The van der Waals surface area contributed by atoms with Crippen molar-refractivity contribution in [2.75, 3.05) is 5.73 Å². The number of hydrogen-bond donors (Lipinski definition) is 1. The van der Waals surface area contributed by atoms with E-state index in [1.807, 2.05) is 17.7 Å². The molecule has 6 nitrogen and oxygen atoms in total. The van der Waals surface area contributed by atoms with Gasteiger partial charge in [-0.25, -0.2) is 4.98 Å². The summed E-state index contributed by atoms with van der Waals surface area (Å²) in [5.41, 5.74) is 8.76. The number of carbonyl (C=O) groups is 1. The molecule has 0 atom stereocenters. The Morgan fingerprint density at radius 3 is 2.79 bits per heavy atom. The third-order valence-electron chi connectivity index (χ3n) is 3.02. The van der Waals surface area contributed by atoms with E-state index in [0.29, 0.717) is 17.1 Å². The van der Waals surface area contributed by atoms with Gasteiger partial charge in [-0.3, -0.25) is 4.79 Å². The Kier molecular flexibility index (Phi) is 2.38. The number of carbonyl (C=O) groups excluding carboxylic acids is 1. The van der Waals surface area contributed by atoms with Crippen LogP contribution < -0.4 is 5.73 Å². The molecule has 0 aliphatic rings. The molecule has 0 amide bonds. The van der Waals surface area contributed by atoms with E-state index in [9.17, 15) is 4.79 Å². The van der Waals surface area contributed by atoms with E-state index in [4.69, 9.17) is 5.73 Å². The van der Waals surface area contributed by atoms with Crippen molar-refractivity contribution in [3.05, 3.63) is 41.9 Å². The topological polar surface area (TPSA) is 78.7 Å². The number of imidazole rings is 1. The highest BCUT2D eigenvalue weighted by molar-refractivity contribution is 5.99. The van der Waals surface area contributed by atoms with Gasteiger partial charge in [0.2, 0.25) is 0 Å². The minimum atomic E-state index is -0.242. The molecular weight excluding hydrogens is 242 g/mol. The minimum Gasteiger partial charge on any atom is -0.383 e. The van der Waals surface area contributed by atoms with Crippen molar-refractivity contribution in [3.8, 4) is 0 Å². The average Bonchev–Trinajstić information content (AvgIpc) is 2.92. The second kappa shape index (κ2) is 3.94. The Bertz CT molecular complexity index is 784. The first-order valence-corrected chi connectivity index (χ1v) is 5.84. The van der Waals surface area contributed by atoms with Crippen molar-refractivity contribution in [3.63, 3.8) is 0 Å². The summed E-state index contributed by atoms with van der Waals surface area (Å²) in [5, 5.41) is 4.10. The molecule has 96 valence electrons. The van der Waals surface area contributed by atoms with E-state index in [1.54, 1.807) is 31.5 Å². The van der Waals surface area contributed by atoms with Gasteiger partial charge in [-0.1, -0.05) is 0 Å². The largest absolute Gasteiger partial charge is 0.383 e. The number of hydrogen-bond acceptors (Lipinski definition) is 4. The quantitative estimate of drug-likeness (QED) is 0.711. The molecule has 1 aromatic carbocycles. The highest BCUT2D eigenvalue weighted by Crippen LogP contribution is 2.16. The van der Waals surface area contributed by atoms with Crippen molar-refractivity contribution in [1.82, 2.24) is 19.3 Å². The van der Waals surface area contributed by atoms with Gasteiger partial charge in [0.15, 0.2) is 0 Å². The summed E-state index contributed by atoms with van der Waals surface area (Å²) in [6.07, 6.45) is 1.71. The second-order valence-corrected chi connectivity index (χ2v) is 4.49. The van der Waals surface area contributed by atoms with Crippen LogP contribution in [0.15, 0.2) is 30.6 Å². The molecule has 6 heteroatoms. The number of nitrogens with two attached hydrogens (primary N) is 1. The molecule has 0 radical (unpaired) electrons. The van der Waals surface area contributed by atoms with Gasteiger partial charge in [-0.15, -0.1) is 0 Å². The third-order valence-corrected chi connectivity index (χ3v) is 3.02. The molecule has 0 aliphatic carbocycles. The zero-order valence-corrected chi connectivity index (χ0v) is 10.7. The Morgan fingerprint density at radius 1 is 1.32 bits per heavy atom. The highest BCUT2D eigenvalue weighted by Gasteiger charge is 2.14. The molecule has 3 rings (SSSR count). The van der Waals surface area contributed by atoms with Crippen molar-refractivity contribution < 1.29 is 4.79 Å². The monoisotopic (exact) mass is 255 g/mol. The van der Waals surface area contributed by atoms with Crippen LogP contribution in [-0.2, 0) is 7.05 Å². The fourth-order valence-corrected chi connectivity index (χ4v) is 2.06. The number of nitrogen functional groups attached to an aromatic ring is 1. The van der Waals surface area contributed by atoms with Crippen LogP contribution in [0.3, 0.4) is 0 Å². The summed E-state index contributed by atoms with van der Waals surface area (Å²) in [4.78, 5) is 16.6. The van der Waals surface area contributed by atoms with E-state index >= 15 is 0 Å². The first-order valence-electron chi connectivity index (χ1n) is 5.84. The molecule has 0 unspecified atom stereocenters. The summed E-state index contributed by atoms with van der Waals surface area (Å²) < 4.78 is 3.08. The molecule has 0 fully saturated rings. The maximum absolute atomic E-state index is 12.3. The van der Waals surface area contributed by atoms with E-state index in [2.05, 4.69) is 10.1 Å². The van der Waals surface area contributed by atoms with Gasteiger partial charge >= 0.3 is 0 Å². The summed E-state index contributed by atoms with van der Waals surface area (Å²) in [5.74, 6) is 0.0984. The van der Waals surface area contributed by atoms with Gasteiger partial charge in [-0.05, 0) is 25.1 Å². The van der Waals surface area contributed by atoms with E-state index in [1.165, 1.54) is 4.68 Å². The number of aryl methyl sites for hydroxylation is 2. The number of fused-ring (bicyclic) bond motifs is 1. The van der Waals surface area contributed by atoms with E-state index in [0.717, 1.165) is 11.0 Å². The summed E-state index contributed by atoms with van der Waals surface area (Å²) in [6, 6.07) is 7.00. The lowest BCUT2D eigenvalue weighted by Crippen LogP contribution is -2.16. The van der Waals surface area contributed by atoms with Crippen LogP contribution in [0.5, 0.6) is 0 Å². The minimum absolute atomic E-state index is 0.242. The zero-order valence-electron chi connectivity index (χ0n) is 10.7. The Labute approximate surface area is 109 Å². The summed E-state index contributed by atoms with van der Waals surface area (Å²) in [6.45, 7) is 1.80. The van der Waals surface area contributed by atoms with Crippen molar-refractivity contribution >= 4 is 22.8 Å². The van der Waals surface area contributed by atoms with Crippen LogP contribution in [0.2, 0.25) is 0 Å². The van der Waals surface area contributed by atoms with Crippen molar-refractivity contribution in [2.24, 2.45) is 7.05 Å². The highest BCUT2D eigenvalue weighted by atomic mass is 16.2. The van der Waals surface area contributed by atoms with Crippen LogP contribution >= 0.6 is 0 Å². The van der Waals surface area contributed by atoms with Gasteiger partial charge in [0.1, 0.15) is 5.82 Å². The van der Waals surface area contributed by atoms with Gasteiger partial charge in [0, 0.05) is 18.7 Å². The number of aromatic nitrogens is 4. The molecule has 2 aromatic heterocycles. The predicted octanol–water partition coefficient (Wildman–Crippen LogP) is 1.35. The van der Waals surface area contributed by atoms with E-state index in [-0.39, 0.29) is 5.91 Å². The fourth-order valence-electron chi connectivity index (χ4n) is 2.06. The van der Waals surface area contributed by atoms with Crippen LogP contribution in [-0.4, -0.2) is 25.2 Å². The molecule has 2 N–H and O–H groups in total. The van der Waals surface area contributed by atoms with Gasteiger partial charge in [0.25, 0.3) is 5.91 Å². The Balaban J connectivity index is 2.11. The van der Waals surface area contributed by atoms with Crippen LogP contribution in [0.1, 0.15) is 16.1 Å². The van der Waals surface area contributed by atoms with Gasteiger partial charge < -0.3 is 10.3 Å². The van der Waals surface area contributed by atoms with Crippen LogP contribution in [0.4, 0.5) is 5.82 Å². The molecular formula is C13H13N5O. The third kappa shape index (κ3) is 1.77. The number of anilines is 1. The predicted molar refractivity (Wildman–Crippen MR) is 71.8 cm³/mol. The fraction of sp³-hybridized carbons (Fsp3) is 0.154. The average molecular weight is 255 g/mol. The number of rotatable bonds is 1. The smallest absolute Gasteiger partial charge is 0.280 e. The molecule has 0 saturated heterocycles. The number of benzene rings is 1. The molecule has 2 heterocycles. The lowest BCUT2D eigenvalue weighted by molar-refractivity contribution is 0.0947. The molecule has 19 heavy (non-hydrogen) atoms. The standard InChI is InChI=1S/C13H13N5O/c1-8-5-12(14)18(16-8)13(19)9-3-4-10-11(6-9)17(2)7-15-10/h3-7H,14H2,1-2H3.